The van der Waals surface area contributed by atoms with Gasteiger partial charge in [-0.15, -0.1) is 0 Å². The molecule has 2 aliphatic heterocycles. The molecule has 0 atom stereocenters. The molecule has 2 aliphatic rings. The van der Waals surface area contributed by atoms with Crippen LogP contribution in [0.4, 0.5) is 4.79 Å². The van der Waals surface area contributed by atoms with Crippen molar-refractivity contribution in [3.05, 3.63) is 28.5 Å². The van der Waals surface area contributed by atoms with Gasteiger partial charge in [0.2, 0.25) is 0 Å². The van der Waals surface area contributed by atoms with Crippen LogP contribution >= 0.6 is 11.6 Å². The smallest absolute Gasteiger partial charge is 0.409 e. The normalized spacial score (nSPS) is 18.1. The zero-order valence-corrected chi connectivity index (χ0v) is 22.1. The summed E-state index contributed by atoms with van der Waals surface area (Å²) in [4.78, 5) is 31.0. The molecule has 0 spiro atoms. The number of amides is 2. The number of ether oxygens (including phenoxy) is 2. The number of fused-ring (bicyclic) bond motifs is 1. The van der Waals surface area contributed by atoms with E-state index < -0.39 is 0 Å². The predicted octanol–water partition coefficient (Wildman–Crippen LogP) is 4.99. The molecule has 0 aliphatic carbocycles. The predicted molar refractivity (Wildman–Crippen MR) is 136 cm³/mol. The van der Waals surface area contributed by atoms with Gasteiger partial charge in [0, 0.05) is 62.3 Å². The summed E-state index contributed by atoms with van der Waals surface area (Å²) in [6.07, 6.45) is 1.62. The summed E-state index contributed by atoms with van der Waals surface area (Å²) in [5, 5.41) is 1.36. The summed E-state index contributed by atoms with van der Waals surface area (Å²) in [5.41, 5.74) is 1.45. The van der Waals surface area contributed by atoms with Gasteiger partial charge in [0.15, 0.2) is 5.76 Å². The van der Waals surface area contributed by atoms with E-state index in [9.17, 15) is 9.59 Å². The first kappa shape index (κ1) is 25.6. The van der Waals surface area contributed by atoms with Gasteiger partial charge < -0.3 is 28.6 Å². The molecule has 3 heterocycles. The van der Waals surface area contributed by atoms with Gasteiger partial charge in [-0.2, -0.15) is 0 Å². The van der Waals surface area contributed by atoms with Gasteiger partial charge in [0.05, 0.1) is 12.1 Å². The molecule has 2 saturated heterocycles. The van der Waals surface area contributed by atoms with Gasteiger partial charge >= 0.3 is 6.09 Å². The lowest BCUT2D eigenvalue weighted by Crippen LogP contribution is -2.50. The number of methoxy groups -OCH3 is 1. The van der Waals surface area contributed by atoms with Crippen LogP contribution in [0.5, 0.6) is 5.75 Å². The molecule has 1 aromatic heterocycles. The maximum Gasteiger partial charge on any atom is 0.409 e. The molecule has 2 amide bonds. The van der Waals surface area contributed by atoms with Crippen molar-refractivity contribution in [2.45, 2.75) is 58.6 Å². The van der Waals surface area contributed by atoms with E-state index in [0.29, 0.717) is 54.3 Å². The van der Waals surface area contributed by atoms with Gasteiger partial charge in [-0.25, -0.2) is 4.79 Å². The molecule has 0 saturated carbocycles. The lowest BCUT2D eigenvalue weighted by molar-refractivity contribution is 0.0573. The zero-order chi connectivity index (χ0) is 25.3. The van der Waals surface area contributed by atoms with Gasteiger partial charge in [0.25, 0.3) is 5.91 Å². The second-order valence-corrected chi connectivity index (χ2v) is 10.4. The number of halogens is 1. The highest BCUT2D eigenvalue weighted by Gasteiger charge is 2.31. The first-order valence-electron chi connectivity index (χ1n) is 12.5. The minimum Gasteiger partial charge on any atom is -0.489 e. The summed E-state index contributed by atoms with van der Waals surface area (Å²) in [7, 11) is 1.36. The molecule has 2 aromatic rings. The number of furan rings is 1. The highest BCUT2D eigenvalue weighted by Crippen LogP contribution is 2.39. The van der Waals surface area contributed by atoms with Crippen LogP contribution in [0.1, 0.15) is 62.6 Å². The maximum absolute atomic E-state index is 13.4. The quantitative estimate of drug-likeness (QED) is 0.570. The SMILES string of the molecule is COC(=O)N1CCN(C(=O)c2oc3cc(OC4CCN(C(C)C)CC4)c(Cl)cc3c2C(C)C)CC1. The number of hydrogen-bond acceptors (Lipinski definition) is 6. The van der Waals surface area contributed by atoms with Crippen LogP contribution in [0.15, 0.2) is 16.5 Å². The summed E-state index contributed by atoms with van der Waals surface area (Å²) in [5.74, 6) is 0.820. The molecule has 9 heteroatoms. The van der Waals surface area contributed by atoms with Crippen molar-refractivity contribution < 1.29 is 23.5 Å². The van der Waals surface area contributed by atoms with Crippen LogP contribution in [0.3, 0.4) is 0 Å². The van der Waals surface area contributed by atoms with Gasteiger partial charge in [-0.1, -0.05) is 25.4 Å². The van der Waals surface area contributed by atoms with Crippen LogP contribution in [-0.4, -0.2) is 85.2 Å². The van der Waals surface area contributed by atoms with Crippen molar-refractivity contribution in [1.29, 1.82) is 0 Å². The average molecular weight is 506 g/mol. The molecule has 8 nitrogen and oxygen atoms in total. The van der Waals surface area contributed by atoms with E-state index in [1.165, 1.54) is 7.11 Å². The monoisotopic (exact) mass is 505 g/mol. The molecular weight excluding hydrogens is 470 g/mol. The Morgan fingerprint density at radius 1 is 1.00 bits per heavy atom. The van der Waals surface area contributed by atoms with Crippen molar-refractivity contribution in [3.8, 4) is 5.75 Å². The Hall–Kier alpha value is -2.45. The maximum atomic E-state index is 13.4. The fourth-order valence-corrected chi connectivity index (χ4v) is 5.20. The first-order chi connectivity index (χ1) is 16.7. The Bertz CT molecular complexity index is 1070. The number of likely N-dealkylation sites (tertiary alicyclic amines) is 1. The second-order valence-electron chi connectivity index (χ2n) is 9.97. The minimum absolute atomic E-state index is 0.0646. The highest BCUT2D eigenvalue weighted by molar-refractivity contribution is 6.33. The van der Waals surface area contributed by atoms with Crippen LogP contribution in [-0.2, 0) is 4.74 Å². The van der Waals surface area contributed by atoms with E-state index in [1.54, 1.807) is 9.80 Å². The molecule has 0 N–H and O–H groups in total. The van der Waals surface area contributed by atoms with E-state index in [2.05, 4.69) is 18.7 Å². The van der Waals surface area contributed by atoms with Crippen LogP contribution in [0.25, 0.3) is 11.0 Å². The first-order valence-corrected chi connectivity index (χ1v) is 12.9. The van der Waals surface area contributed by atoms with Crippen molar-refractivity contribution in [1.82, 2.24) is 14.7 Å². The lowest BCUT2D eigenvalue weighted by Gasteiger charge is -2.34. The number of nitrogens with zero attached hydrogens (tertiary/aromatic N) is 3. The summed E-state index contributed by atoms with van der Waals surface area (Å²) in [6, 6.07) is 4.22. The van der Waals surface area contributed by atoms with Crippen LogP contribution in [0, 0.1) is 0 Å². The lowest BCUT2D eigenvalue weighted by atomic mass is 9.98. The summed E-state index contributed by atoms with van der Waals surface area (Å²) < 4.78 is 17.2. The zero-order valence-electron chi connectivity index (χ0n) is 21.3. The third-order valence-corrected chi connectivity index (χ3v) is 7.35. The number of piperidine rings is 1. The third kappa shape index (κ3) is 5.38. The van der Waals surface area contributed by atoms with E-state index in [0.717, 1.165) is 36.9 Å². The minimum atomic E-state index is -0.374. The number of benzene rings is 1. The average Bonchev–Trinajstić information content (AvgIpc) is 3.22. The largest absolute Gasteiger partial charge is 0.489 e. The summed E-state index contributed by atoms with van der Waals surface area (Å²) in [6.45, 7) is 12.2. The van der Waals surface area contributed by atoms with E-state index in [4.69, 9.17) is 25.5 Å². The van der Waals surface area contributed by atoms with E-state index in [-0.39, 0.29) is 24.0 Å². The van der Waals surface area contributed by atoms with Crippen molar-refractivity contribution in [3.63, 3.8) is 0 Å². The Labute approximate surface area is 212 Å². The molecule has 0 radical (unpaired) electrons. The fourth-order valence-electron chi connectivity index (χ4n) is 4.99. The Kier molecular flexibility index (Phi) is 7.81. The molecular formula is C26H36ClN3O5. The van der Waals surface area contributed by atoms with E-state index in [1.807, 2.05) is 26.0 Å². The molecule has 192 valence electrons. The Morgan fingerprint density at radius 3 is 2.20 bits per heavy atom. The molecule has 4 rings (SSSR count). The molecule has 35 heavy (non-hydrogen) atoms. The van der Waals surface area contributed by atoms with Crippen molar-refractivity contribution >= 4 is 34.6 Å². The fraction of sp³-hybridized carbons (Fsp3) is 0.615. The van der Waals surface area contributed by atoms with Crippen LogP contribution in [0.2, 0.25) is 5.02 Å². The van der Waals surface area contributed by atoms with E-state index >= 15 is 0 Å². The highest BCUT2D eigenvalue weighted by atomic mass is 35.5. The van der Waals surface area contributed by atoms with Crippen molar-refractivity contribution in [2.24, 2.45) is 0 Å². The van der Waals surface area contributed by atoms with Gasteiger partial charge in [-0.05, 0) is 38.7 Å². The number of hydrogen-bond donors (Lipinski definition) is 0. The number of carbonyl (C=O) groups is 2. The van der Waals surface area contributed by atoms with Gasteiger partial charge in [-0.3, -0.25) is 4.79 Å². The molecule has 2 fully saturated rings. The molecule has 0 unspecified atom stereocenters. The number of carbonyl (C=O) groups excluding carboxylic acids is 2. The standard InChI is InChI=1S/C26H36ClN3O5/c1-16(2)23-19-14-20(27)22(34-18-6-8-28(9-7-18)17(3)4)15-21(19)35-24(23)25(31)29-10-12-30(13-11-29)26(32)33-5/h14-18H,6-13H2,1-5H3. The topological polar surface area (TPSA) is 75.5 Å². The summed E-state index contributed by atoms with van der Waals surface area (Å²) >= 11 is 6.65. The van der Waals surface area contributed by atoms with Crippen molar-refractivity contribution in [2.75, 3.05) is 46.4 Å². The number of piperazine rings is 1. The van der Waals surface area contributed by atoms with Crippen LogP contribution < -0.4 is 4.74 Å². The number of rotatable bonds is 5. The second kappa shape index (κ2) is 10.7. The third-order valence-electron chi connectivity index (χ3n) is 7.05. The molecule has 0 bridgehead atoms. The Morgan fingerprint density at radius 2 is 1.63 bits per heavy atom. The van der Waals surface area contributed by atoms with Gasteiger partial charge in [0.1, 0.15) is 17.4 Å². The Balaban J connectivity index is 1.55. The molecule has 1 aromatic carbocycles.